The van der Waals surface area contributed by atoms with Crippen LogP contribution in [0.4, 0.5) is 5.13 Å². The molecule has 0 unspecified atom stereocenters. The highest BCUT2D eigenvalue weighted by Gasteiger charge is 2.12. The van der Waals surface area contributed by atoms with Crippen LogP contribution in [-0.4, -0.2) is 30.5 Å². The molecule has 0 spiro atoms. The highest BCUT2D eigenvalue weighted by molar-refractivity contribution is 7.14. The summed E-state index contributed by atoms with van der Waals surface area (Å²) in [5.74, 6) is 0.478. The summed E-state index contributed by atoms with van der Waals surface area (Å²) in [5.41, 5.74) is 3.38. The molecule has 0 aliphatic carbocycles. The number of aromatic nitrogens is 1. The smallest absolute Gasteiger partial charge is 0.251 e. The first kappa shape index (κ1) is 20.5. The number of carbonyl (C=O) groups is 2. The van der Waals surface area contributed by atoms with Gasteiger partial charge in [-0.05, 0) is 37.6 Å². The Kier molecular flexibility index (Phi) is 6.97. The van der Waals surface area contributed by atoms with Crippen LogP contribution in [0.5, 0.6) is 5.75 Å². The zero-order valence-corrected chi connectivity index (χ0v) is 17.2. The van der Waals surface area contributed by atoms with Gasteiger partial charge >= 0.3 is 0 Å². The Morgan fingerprint density at radius 1 is 1.14 bits per heavy atom. The number of hydrogen-bond donors (Lipinski definition) is 2. The van der Waals surface area contributed by atoms with E-state index < -0.39 is 0 Å². The molecule has 6 nitrogen and oxygen atoms in total. The van der Waals surface area contributed by atoms with E-state index >= 15 is 0 Å². The summed E-state index contributed by atoms with van der Waals surface area (Å²) in [5, 5.41) is 8.07. The second-order valence-corrected chi connectivity index (χ2v) is 7.37. The summed E-state index contributed by atoms with van der Waals surface area (Å²) in [7, 11) is 1.62. The third kappa shape index (κ3) is 5.65. The van der Waals surface area contributed by atoms with Gasteiger partial charge in [0.05, 0.1) is 12.8 Å². The molecule has 0 aliphatic heterocycles. The van der Waals surface area contributed by atoms with Crippen molar-refractivity contribution >= 4 is 28.3 Å². The molecule has 7 heteroatoms. The molecular weight excluding hydrogens is 386 g/mol. The third-order valence-corrected chi connectivity index (χ3v) is 5.04. The normalized spacial score (nSPS) is 10.4. The molecule has 1 heterocycles. The Bertz CT molecular complexity index is 986. The number of amides is 2. The van der Waals surface area contributed by atoms with Crippen molar-refractivity contribution in [1.82, 2.24) is 10.3 Å². The lowest BCUT2D eigenvalue weighted by Gasteiger charge is -2.07. The topological polar surface area (TPSA) is 80.3 Å². The SMILES string of the molecule is COc1ccc(C)cc1-c1csc(NC(=O)CCCNC(=O)c2ccccc2)n1. The second-order valence-electron chi connectivity index (χ2n) is 6.52. The van der Waals surface area contributed by atoms with E-state index in [0.29, 0.717) is 30.1 Å². The van der Waals surface area contributed by atoms with E-state index in [9.17, 15) is 9.59 Å². The molecule has 0 saturated heterocycles. The largest absolute Gasteiger partial charge is 0.496 e. The summed E-state index contributed by atoms with van der Waals surface area (Å²) in [6.45, 7) is 2.44. The molecular formula is C22H23N3O3S. The lowest BCUT2D eigenvalue weighted by molar-refractivity contribution is -0.116. The van der Waals surface area contributed by atoms with Gasteiger partial charge in [-0.2, -0.15) is 0 Å². The zero-order valence-electron chi connectivity index (χ0n) is 16.4. The molecule has 0 fully saturated rings. The Balaban J connectivity index is 1.48. The van der Waals surface area contributed by atoms with Gasteiger partial charge < -0.3 is 15.4 Å². The zero-order chi connectivity index (χ0) is 20.6. The summed E-state index contributed by atoms with van der Waals surface area (Å²) in [4.78, 5) is 28.6. The number of thiazole rings is 1. The van der Waals surface area contributed by atoms with Crippen molar-refractivity contribution in [2.75, 3.05) is 19.0 Å². The van der Waals surface area contributed by atoms with E-state index in [2.05, 4.69) is 15.6 Å². The fourth-order valence-electron chi connectivity index (χ4n) is 2.80. The average Bonchev–Trinajstić information content (AvgIpc) is 3.20. The van der Waals surface area contributed by atoms with Crippen LogP contribution in [0.25, 0.3) is 11.3 Å². The molecule has 0 bridgehead atoms. The minimum atomic E-state index is -0.136. The number of anilines is 1. The molecule has 29 heavy (non-hydrogen) atoms. The molecule has 0 atom stereocenters. The first-order chi connectivity index (χ1) is 14.1. The number of methoxy groups -OCH3 is 1. The number of carbonyl (C=O) groups excluding carboxylic acids is 2. The monoisotopic (exact) mass is 409 g/mol. The minimum absolute atomic E-state index is 0.129. The standard InChI is InChI=1S/C22H23N3O3S/c1-15-10-11-19(28-2)17(13-15)18-14-29-22(24-18)25-20(26)9-6-12-23-21(27)16-7-4-3-5-8-16/h3-5,7-8,10-11,13-14H,6,9,12H2,1-2H3,(H,23,27)(H,24,25,26). The van der Waals surface area contributed by atoms with Gasteiger partial charge in [-0.1, -0.05) is 29.8 Å². The first-order valence-electron chi connectivity index (χ1n) is 9.30. The predicted molar refractivity (Wildman–Crippen MR) is 115 cm³/mol. The number of rotatable bonds is 8. The summed E-state index contributed by atoms with van der Waals surface area (Å²) in [6, 6.07) is 14.9. The highest BCUT2D eigenvalue weighted by Crippen LogP contribution is 2.32. The second kappa shape index (κ2) is 9.84. The molecule has 1 aromatic heterocycles. The lowest BCUT2D eigenvalue weighted by atomic mass is 10.1. The van der Waals surface area contributed by atoms with E-state index in [1.54, 1.807) is 19.2 Å². The van der Waals surface area contributed by atoms with Crippen molar-refractivity contribution in [3.63, 3.8) is 0 Å². The van der Waals surface area contributed by atoms with Crippen molar-refractivity contribution in [2.24, 2.45) is 0 Å². The van der Waals surface area contributed by atoms with Gasteiger partial charge in [-0.15, -0.1) is 11.3 Å². The summed E-state index contributed by atoms with van der Waals surface area (Å²) < 4.78 is 5.40. The Morgan fingerprint density at radius 2 is 1.93 bits per heavy atom. The predicted octanol–water partition coefficient (Wildman–Crippen LogP) is 4.28. The molecule has 2 amide bonds. The Labute approximate surface area is 173 Å². The van der Waals surface area contributed by atoms with Gasteiger partial charge in [0.25, 0.3) is 5.91 Å². The van der Waals surface area contributed by atoms with Gasteiger partial charge in [0.1, 0.15) is 5.75 Å². The molecule has 0 aliphatic rings. The van der Waals surface area contributed by atoms with Crippen LogP contribution in [0, 0.1) is 6.92 Å². The summed E-state index contributed by atoms with van der Waals surface area (Å²) >= 11 is 1.37. The number of aryl methyl sites for hydroxylation is 1. The summed E-state index contributed by atoms with van der Waals surface area (Å²) in [6.07, 6.45) is 0.853. The van der Waals surface area contributed by atoms with Gasteiger partial charge in [0.2, 0.25) is 5.91 Å². The number of nitrogens with one attached hydrogen (secondary N) is 2. The molecule has 3 rings (SSSR count). The Hall–Kier alpha value is -3.19. The lowest BCUT2D eigenvalue weighted by Crippen LogP contribution is -2.25. The number of benzene rings is 2. The van der Waals surface area contributed by atoms with Crippen LogP contribution in [0.15, 0.2) is 53.9 Å². The van der Waals surface area contributed by atoms with Gasteiger partial charge in [0, 0.05) is 29.5 Å². The molecule has 2 N–H and O–H groups in total. The van der Waals surface area contributed by atoms with Crippen LogP contribution >= 0.6 is 11.3 Å². The molecule has 0 saturated carbocycles. The van der Waals surface area contributed by atoms with Crippen LogP contribution in [-0.2, 0) is 4.79 Å². The van der Waals surface area contributed by atoms with Gasteiger partial charge in [0.15, 0.2) is 5.13 Å². The fraction of sp³-hybridized carbons (Fsp3) is 0.227. The number of ether oxygens (including phenoxy) is 1. The van der Waals surface area contributed by atoms with Crippen molar-refractivity contribution in [3.05, 3.63) is 65.0 Å². The maximum absolute atomic E-state index is 12.2. The highest BCUT2D eigenvalue weighted by atomic mass is 32.1. The van der Waals surface area contributed by atoms with E-state index in [4.69, 9.17) is 4.74 Å². The molecule has 0 radical (unpaired) electrons. The van der Waals surface area contributed by atoms with E-state index in [0.717, 1.165) is 22.6 Å². The van der Waals surface area contributed by atoms with Crippen molar-refractivity contribution in [3.8, 4) is 17.0 Å². The maximum Gasteiger partial charge on any atom is 0.251 e. The van der Waals surface area contributed by atoms with Crippen LogP contribution in [0.1, 0.15) is 28.8 Å². The maximum atomic E-state index is 12.2. The molecule has 150 valence electrons. The van der Waals surface area contributed by atoms with Crippen molar-refractivity contribution in [1.29, 1.82) is 0 Å². The van der Waals surface area contributed by atoms with E-state index in [1.165, 1.54) is 11.3 Å². The van der Waals surface area contributed by atoms with Gasteiger partial charge in [-0.25, -0.2) is 4.98 Å². The minimum Gasteiger partial charge on any atom is -0.496 e. The van der Waals surface area contributed by atoms with E-state index in [-0.39, 0.29) is 11.8 Å². The fourth-order valence-corrected chi connectivity index (χ4v) is 3.53. The van der Waals surface area contributed by atoms with Crippen LogP contribution in [0.2, 0.25) is 0 Å². The number of hydrogen-bond acceptors (Lipinski definition) is 5. The van der Waals surface area contributed by atoms with Crippen LogP contribution < -0.4 is 15.4 Å². The first-order valence-corrected chi connectivity index (χ1v) is 10.2. The average molecular weight is 410 g/mol. The van der Waals surface area contributed by atoms with Gasteiger partial charge in [-0.3, -0.25) is 9.59 Å². The van der Waals surface area contributed by atoms with Crippen molar-refractivity contribution < 1.29 is 14.3 Å². The Morgan fingerprint density at radius 3 is 2.69 bits per heavy atom. The quantitative estimate of drug-likeness (QED) is 0.544. The molecule has 3 aromatic rings. The van der Waals surface area contributed by atoms with Crippen LogP contribution in [0.3, 0.4) is 0 Å². The van der Waals surface area contributed by atoms with E-state index in [1.807, 2.05) is 48.7 Å². The molecule has 2 aromatic carbocycles. The number of nitrogens with zero attached hydrogens (tertiary/aromatic N) is 1. The van der Waals surface area contributed by atoms with Crippen molar-refractivity contribution in [2.45, 2.75) is 19.8 Å². The third-order valence-electron chi connectivity index (χ3n) is 4.28.